The van der Waals surface area contributed by atoms with Crippen LogP contribution in [-0.2, 0) is 0 Å². The Morgan fingerprint density at radius 3 is 1.88 bits per heavy atom. The molecule has 1 heteroatoms. The van der Waals surface area contributed by atoms with Gasteiger partial charge in [-0.3, -0.25) is 0 Å². The predicted octanol–water partition coefficient (Wildman–Crippen LogP) is 3.75. The second kappa shape index (κ2) is 5.35. The fraction of sp³-hybridized carbons (Fsp3) is 0.125. The first-order valence-electron chi connectivity index (χ1n) is 5.77. The maximum Gasteiger partial charge on any atom is 0.0440 e. The van der Waals surface area contributed by atoms with Gasteiger partial charge in [0.05, 0.1) is 0 Å². The number of rotatable bonds is 3. The summed E-state index contributed by atoms with van der Waals surface area (Å²) in [7, 11) is 4.14. The molecule has 0 aliphatic heterocycles. The van der Waals surface area contributed by atoms with Crippen LogP contribution in [0.4, 0.5) is 0 Å². The molecule has 2 aromatic rings. The smallest absolute Gasteiger partial charge is 0.0440 e. The molecule has 2 rings (SSSR count). The van der Waals surface area contributed by atoms with Crippen LogP contribution in [0.3, 0.4) is 0 Å². The van der Waals surface area contributed by atoms with Gasteiger partial charge in [0.15, 0.2) is 0 Å². The summed E-state index contributed by atoms with van der Waals surface area (Å²) in [6, 6.07) is 20.8. The Balaban J connectivity index is 2.40. The van der Waals surface area contributed by atoms with Crippen molar-refractivity contribution in [1.82, 2.24) is 4.90 Å². The zero-order valence-electron chi connectivity index (χ0n) is 10.3. The Labute approximate surface area is 103 Å². The van der Waals surface area contributed by atoms with E-state index in [1.165, 1.54) is 16.8 Å². The SMILES string of the molecule is CN(C)/C(=C\c1ccccc1)c1ccccc1. The van der Waals surface area contributed by atoms with Crippen molar-refractivity contribution in [2.75, 3.05) is 14.1 Å². The quantitative estimate of drug-likeness (QED) is 0.716. The summed E-state index contributed by atoms with van der Waals surface area (Å²) in [5.41, 5.74) is 3.68. The zero-order valence-corrected chi connectivity index (χ0v) is 10.3. The molecule has 0 amide bonds. The highest BCUT2D eigenvalue weighted by molar-refractivity contribution is 5.80. The van der Waals surface area contributed by atoms with Crippen molar-refractivity contribution in [3.05, 3.63) is 71.8 Å². The van der Waals surface area contributed by atoms with Crippen LogP contribution in [0, 0.1) is 0 Å². The highest BCUT2D eigenvalue weighted by Crippen LogP contribution is 2.19. The van der Waals surface area contributed by atoms with Crippen molar-refractivity contribution >= 4 is 11.8 Å². The van der Waals surface area contributed by atoms with Crippen molar-refractivity contribution in [1.29, 1.82) is 0 Å². The third-order valence-corrected chi connectivity index (χ3v) is 2.65. The van der Waals surface area contributed by atoms with Crippen LogP contribution in [0.1, 0.15) is 11.1 Å². The first-order chi connectivity index (χ1) is 8.27. The van der Waals surface area contributed by atoms with Gasteiger partial charge in [-0.25, -0.2) is 0 Å². The minimum absolute atomic E-state index is 1.22. The summed E-state index contributed by atoms with van der Waals surface area (Å²) < 4.78 is 0. The molecule has 0 bridgehead atoms. The summed E-state index contributed by atoms with van der Waals surface area (Å²) in [5.74, 6) is 0. The summed E-state index contributed by atoms with van der Waals surface area (Å²) in [4.78, 5) is 2.14. The molecule has 0 aromatic heterocycles. The second-order valence-electron chi connectivity index (χ2n) is 4.20. The lowest BCUT2D eigenvalue weighted by Crippen LogP contribution is -2.09. The molecular weight excluding hydrogens is 206 g/mol. The molecule has 0 heterocycles. The number of hydrogen-bond donors (Lipinski definition) is 0. The van der Waals surface area contributed by atoms with Gasteiger partial charge in [-0.15, -0.1) is 0 Å². The molecule has 86 valence electrons. The van der Waals surface area contributed by atoms with E-state index in [2.05, 4.69) is 73.6 Å². The van der Waals surface area contributed by atoms with Gasteiger partial charge in [-0.05, 0) is 17.2 Å². The molecule has 0 fully saturated rings. The highest BCUT2D eigenvalue weighted by Gasteiger charge is 2.02. The lowest BCUT2D eigenvalue weighted by Gasteiger charge is -2.17. The Hall–Kier alpha value is -2.02. The van der Waals surface area contributed by atoms with Crippen LogP contribution in [0.5, 0.6) is 0 Å². The van der Waals surface area contributed by atoms with E-state index in [0.29, 0.717) is 0 Å². The molecule has 1 nitrogen and oxygen atoms in total. The Kier molecular flexibility index (Phi) is 3.61. The van der Waals surface area contributed by atoms with Crippen LogP contribution >= 0.6 is 0 Å². The Morgan fingerprint density at radius 1 is 0.824 bits per heavy atom. The molecule has 0 aliphatic carbocycles. The van der Waals surface area contributed by atoms with E-state index in [1.54, 1.807) is 0 Å². The van der Waals surface area contributed by atoms with E-state index < -0.39 is 0 Å². The first kappa shape index (κ1) is 11.5. The van der Waals surface area contributed by atoms with Crippen LogP contribution in [0.25, 0.3) is 11.8 Å². The standard InChI is InChI=1S/C16H17N/c1-17(2)16(15-11-7-4-8-12-15)13-14-9-5-3-6-10-14/h3-13H,1-2H3/b16-13-. The zero-order chi connectivity index (χ0) is 12.1. The second-order valence-corrected chi connectivity index (χ2v) is 4.20. The molecule has 0 spiro atoms. The topological polar surface area (TPSA) is 3.24 Å². The van der Waals surface area contributed by atoms with Crippen LogP contribution in [-0.4, -0.2) is 19.0 Å². The van der Waals surface area contributed by atoms with Gasteiger partial charge in [-0.2, -0.15) is 0 Å². The number of hydrogen-bond acceptors (Lipinski definition) is 1. The predicted molar refractivity (Wildman–Crippen MR) is 74.4 cm³/mol. The average molecular weight is 223 g/mol. The molecule has 0 radical (unpaired) electrons. The first-order valence-corrected chi connectivity index (χ1v) is 5.77. The fourth-order valence-electron chi connectivity index (χ4n) is 1.79. The molecule has 2 aromatic carbocycles. The minimum Gasteiger partial charge on any atom is -0.377 e. The summed E-state index contributed by atoms with van der Waals surface area (Å²) >= 11 is 0. The lowest BCUT2D eigenvalue weighted by atomic mass is 10.1. The average Bonchev–Trinajstić information content (AvgIpc) is 2.38. The summed E-state index contributed by atoms with van der Waals surface area (Å²) in [5, 5.41) is 0. The molecule has 0 atom stereocenters. The maximum atomic E-state index is 2.20. The van der Waals surface area contributed by atoms with Gasteiger partial charge in [-0.1, -0.05) is 60.7 Å². The van der Waals surface area contributed by atoms with E-state index in [4.69, 9.17) is 0 Å². The molecule has 0 saturated carbocycles. The number of benzene rings is 2. The van der Waals surface area contributed by atoms with Gasteiger partial charge in [0.2, 0.25) is 0 Å². The number of nitrogens with zero attached hydrogens (tertiary/aromatic N) is 1. The third kappa shape index (κ3) is 2.97. The molecular formula is C16H17N. The minimum atomic E-state index is 1.22. The molecule has 0 unspecified atom stereocenters. The lowest BCUT2D eigenvalue weighted by molar-refractivity contribution is 0.595. The molecule has 17 heavy (non-hydrogen) atoms. The van der Waals surface area contributed by atoms with Crippen molar-refractivity contribution in [3.63, 3.8) is 0 Å². The van der Waals surface area contributed by atoms with Crippen molar-refractivity contribution in [2.24, 2.45) is 0 Å². The molecule has 0 N–H and O–H groups in total. The molecule has 0 aliphatic rings. The van der Waals surface area contributed by atoms with Gasteiger partial charge in [0.1, 0.15) is 0 Å². The summed E-state index contributed by atoms with van der Waals surface area (Å²) in [6.07, 6.45) is 2.20. The van der Waals surface area contributed by atoms with Gasteiger partial charge in [0, 0.05) is 19.8 Å². The van der Waals surface area contributed by atoms with E-state index in [9.17, 15) is 0 Å². The van der Waals surface area contributed by atoms with Crippen LogP contribution in [0.2, 0.25) is 0 Å². The van der Waals surface area contributed by atoms with E-state index in [-0.39, 0.29) is 0 Å². The highest BCUT2D eigenvalue weighted by atomic mass is 15.1. The Bertz CT molecular complexity index is 483. The third-order valence-electron chi connectivity index (χ3n) is 2.65. The summed E-state index contributed by atoms with van der Waals surface area (Å²) in [6.45, 7) is 0. The Morgan fingerprint density at radius 2 is 1.35 bits per heavy atom. The van der Waals surface area contributed by atoms with Crippen molar-refractivity contribution in [2.45, 2.75) is 0 Å². The van der Waals surface area contributed by atoms with Gasteiger partial charge in [0.25, 0.3) is 0 Å². The van der Waals surface area contributed by atoms with E-state index in [0.717, 1.165) is 0 Å². The van der Waals surface area contributed by atoms with E-state index in [1.807, 2.05) is 12.1 Å². The van der Waals surface area contributed by atoms with Crippen molar-refractivity contribution < 1.29 is 0 Å². The normalized spacial score (nSPS) is 11.3. The van der Waals surface area contributed by atoms with Gasteiger partial charge < -0.3 is 4.90 Å². The van der Waals surface area contributed by atoms with Crippen LogP contribution in [0.15, 0.2) is 60.7 Å². The van der Waals surface area contributed by atoms with E-state index >= 15 is 0 Å². The van der Waals surface area contributed by atoms with Gasteiger partial charge >= 0.3 is 0 Å². The van der Waals surface area contributed by atoms with Crippen LogP contribution < -0.4 is 0 Å². The maximum absolute atomic E-state index is 2.20. The fourth-order valence-corrected chi connectivity index (χ4v) is 1.79. The van der Waals surface area contributed by atoms with Crippen molar-refractivity contribution in [3.8, 4) is 0 Å². The molecule has 0 saturated heterocycles. The monoisotopic (exact) mass is 223 g/mol. The largest absolute Gasteiger partial charge is 0.377 e.